The average molecular weight is 354 g/mol. The lowest BCUT2D eigenvalue weighted by Gasteiger charge is -2.19. The van der Waals surface area contributed by atoms with E-state index in [2.05, 4.69) is 5.32 Å². The van der Waals surface area contributed by atoms with E-state index in [1.165, 1.54) is 11.8 Å². The molecule has 0 fully saturated rings. The number of nitrogens with one attached hydrogen (secondary N) is 1. The third-order valence-electron chi connectivity index (χ3n) is 4.06. The lowest BCUT2D eigenvalue weighted by molar-refractivity contribution is -0.133. The first kappa shape index (κ1) is 20.2. The molecule has 24 heavy (non-hydrogen) atoms. The van der Waals surface area contributed by atoms with Crippen molar-refractivity contribution in [3.63, 3.8) is 0 Å². The first-order valence-electron chi connectivity index (χ1n) is 7.75. The molecule has 0 aliphatic carbocycles. The van der Waals surface area contributed by atoms with Crippen LogP contribution in [0.15, 0.2) is 18.2 Å². The van der Waals surface area contributed by atoms with E-state index in [1.807, 2.05) is 26.0 Å². The summed E-state index contributed by atoms with van der Waals surface area (Å²) in [5.41, 5.74) is 2.74. The van der Waals surface area contributed by atoms with E-state index in [-0.39, 0.29) is 5.91 Å². The van der Waals surface area contributed by atoms with E-state index < -0.39 is 32.8 Å². The number of sulfone groups is 1. The van der Waals surface area contributed by atoms with Crippen molar-refractivity contribution in [1.82, 2.24) is 10.2 Å². The van der Waals surface area contributed by atoms with Gasteiger partial charge in [-0.3, -0.25) is 9.59 Å². The van der Waals surface area contributed by atoms with Crippen LogP contribution < -0.4 is 5.32 Å². The highest BCUT2D eigenvalue weighted by atomic mass is 32.2. The number of carbonyl (C=O) groups is 2. The Labute approximate surface area is 144 Å². The lowest BCUT2D eigenvalue weighted by atomic mass is 10.0. The molecule has 0 spiro atoms. The van der Waals surface area contributed by atoms with E-state index in [1.54, 1.807) is 27.1 Å². The molecule has 2 atom stereocenters. The fourth-order valence-corrected chi connectivity index (χ4v) is 3.52. The monoisotopic (exact) mass is 354 g/mol. The molecule has 2 amide bonds. The Morgan fingerprint density at radius 2 is 1.71 bits per heavy atom. The Bertz CT molecular complexity index is 726. The van der Waals surface area contributed by atoms with E-state index in [0.29, 0.717) is 5.56 Å². The maximum absolute atomic E-state index is 12.5. The summed E-state index contributed by atoms with van der Waals surface area (Å²) in [4.78, 5) is 25.1. The van der Waals surface area contributed by atoms with Crippen LogP contribution >= 0.6 is 0 Å². The van der Waals surface area contributed by atoms with E-state index >= 15 is 0 Å². The third kappa shape index (κ3) is 5.06. The standard InChI is InChI=1S/C17H26N2O4S/c1-11-7-8-15(9-12(11)2)14(4)24(22,23)10-16(20)18-13(3)17(21)19(5)6/h7-9,13-14H,10H2,1-6H3,(H,18,20). The van der Waals surface area contributed by atoms with Gasteiger partial charge in [-0.1, -0.05) is 18.2 Å². The Kier molecular flexibility index (Phi) is 6.54. The smallest absolute Gasteiger partial charge is 0.244 e. The van der Waals surface area contributed by atoms with Crippen LogP contribution in [-0.2, 0) is 19.4 Å². The van der Waals surface area contributed by atoms with Crippen molar-refractivity contribution in [2.24, 2.45) is 0 Å². The number of rotatable bonds is 6. The van der Waals surface area contributed by atoms with E-state index in [0.717, 1.165) is 11.1 Å². The molecule has 7 heteroatoms. The van der Waals surface area contributed by atoms with Crippen molar-refractivity contribution < 1.29 is 18.0 Å². The van der Waals surface area contributed by atoms with Crippen molar-refractivity contribution in [2.45, 2.75) is 39.0 Å². The van der Waals surface area contributed by atoms with Crippen molar-refractivity contribution in [3.05, 3.63) is 34.9 Å². The predicted molar refractivity (Wildman–Crippen MR) is 94.4 cm³/mol. The van der Waals surface area contributed by atoms with Gasteiger partial charge in [0.05, 0.1) is 5.25 Å². The minimum absolute atomic E-state index is 0.289. The minimum atomic E-state index is -3.67. The van der Waals surface area contributed by atoms with Gasteiger partial charge in [0.25, 0.3) is 0 Å². The zero-order valence-corrected chi connectivity index (χ0v) is 15.9. The summed E-state index contributed by atoms with van der Waals surface area (Å²) in [5, 5.41) is 1.65. The summed E-state index contributed by atoms with van der Waals surface area (Å²) in [6, 6.07) is 4.70. The van der Waals surface area contributed by atoms with Crippen LogP contribution in [0, 0.1) is 13.8 Å². The zero-order chi connectivity index (χ0) is 18.7. The number of hydrogen-bond donors (Lipinski definition) is 1. The van der Waals surface area contributed by atoms with Gasteiger partial charge in [-0.15, -0.1) is 0 Å². The highest BCUT2D eigenvalue weighted by Gasteiger charge is 2.27. The molecule has 0 aromatic heterocycles. The largest absolute Gasteiger partial charge is 0.347 e. The SMILES string of the molecule is Cc1ccc(C(C)S(=O)(=O)CC(=O)NC(C)C(=O)N(C)C)cc1C. The van der Waals surface area contributed by atoms with Crippen molar-refractivity contribution in [1.29, 1.82) is 0 Å². The first-order valence-corrected chi connectivity index (χ1v) is 9.46. The summed E-state index contributed by atoms with van der Waals surface area (Å²) in [6.07, 6.45) is 0. The van der Waals surface area contributed by atoms with Gasteiger partial charge in [0.15, 0.2) is 9.84 Å². The summed E-state index contributed by atoms with van der Waals surface area (Å²) >= 11 is 0. The number of hydrogen-bond acceptors (Lipinski definition) is 4. The lowest BCUT2D eigenvalue weighted by Crippen LogP contribution is -2.46. The summed E-state index contributed by atoms with van der Waals surface area (Å²) in [5.74, 6) is -1.61. The number of likely N-dealkylation sites (N-methyl/N-ethyl adjacent to an activating group) is 1. The first-order chi connectivity index (χ1) is 11.0. The fraction of sp³-hybridized carbons (Fsp3) is 0.529. The molecule has 0 saturated heterocycles. The Balaban J connectivity index is 2.83. The maximum Gasteiger partial charge on any atom is 0.244 e. The second-order valence-corrected chi connectivity index (χ2v) is 8.64. The number of nitrogens with zero attached hydrogens (tertiary/aromatic N) is 1. The fourth-order valence-electron chi connectivity index (χ4n) is 2.26. The topological polar surface area (TPSA) is 83.5 Å². The molecule has 1 rings (SSSR count). The number of amides is 2. The van der Waals surface area contributed by atoms with Gasteiger partial charge < -0.3 is 10.2 Å². The van der Waals surface area contributed by atoms with Gasteiger partial charge in [0, 0.05) is 14.1 Å². The number of aryl methyl sites for hydroxylation is 2. The van der Waals surface area contributed by atoms with Gasteiger partial charge in [0.1, 0.15) is 11.8 Å². The normalized spacial score (nSPS) is 13.9. The van der Waals surface area contributed by atoms with Crippen molar-refractivity contribution in [3.8, 4) is 0 Å². The Morgan fingerprint density at radius 1 is 1.12 bits per heavy atom. The molecule has 1 N–H and O–H groups in total. The van der Waals surface area contributed by atoms with Crippen LogP contribution in [0.2, 0.25) is 0 Å². The summed E-state index contributed by atoms with van der Waals surface area (Å²) < 4.78 is 24.9. The minimum Gasteiger partial charge on any atom is -0.347 e. The van der Waals surface area contributed by atoms with Crippen molar-refractivity contribution >= 4 is 21.7 Å². The van der Waals surface area contributed by atoms with Crippen LogP contribution in [0.3, 0.4) is 0 Å². The molecule has 0 bridgehead atoms. The van der Waals surface area contributed by atoms with Crippen LogP contribution in [0.4, 0.5) is 0 Å². The van der Waals surface area contributed by atoms with E-state index in [4.69, 9.17) is 0 Å². The van der Waals surface area contributed by atoms with Gasteiger partial charge in [0.2, 0.25) is 11.8 Å². The molecule has 134 valence electrons. The molecule has 0 aliphatic heterocycles. The molecule has 0 heterocycles. The predicted octanol–water partition coefficient (Wildman–Crippen LogP) is 1.37. The van der Waals surface area contributed by atoms with E-state index in [9.17, 15) is 18.0 Å². The molecule has 6 nitrogen and oxygen atoms in total. The Hall–Kier alpha value is -1.89. The van der Waals surface area contributed by atoms with Crippen LogP contribution in [0.1, 0.15) is 35.8 Å². The van der Waals surface area contributed by atoms with Gasteiger partial charge in [-0.05, 0) is 44.4 Å². The third-order valence-corrected chi connectivity index (χ3v) is 6.07. The van der Waals surface area contributed by atoms with Crippen LogP contribution in [-0.4, -0.2) is 51.0 Å². The molecule has 0 saturated carbocycles. The van der Waals surface area contributed by atoms with Crippen LogP contribution in [0.25, 0.3) is 0 Å². The number of carbonyl (C=O) groups excluding carboxylic acids is 2. The molecular weight excluding hydrogens is 328 g/mol. The zero-order valence-electron chi connectivity index (χ0n) is 15.1. The molecule has 0 radical (unpaired) electrons. The molecular formula is C17H26N2O4S. The molecule has 1 aromatic rings. The van der Waals surface area contributed by atoms with Crippen LogP contribution in [0.5, 0.6) is 0 Å². The molecule has 2 unspecified atom stereocenters. The van der Waals surface area contributed by atoms with Gasteiger partial charge in [-0.2, -0.15) is 0 Å². The summed E-state index contributed by atoms with van der Waals surface area (Å²) in [6.45, 7) is 6.97. The molecule has 0 aliphatic rings. The van der Waals surface area contributed by atoms with Crippen molar-refractivity contribution in [2.75, 3.05) is 19.8 Å². The number of benzene rings is 1. The second-order valence-electron chi connectivity index (χ2n) is 6.31. The quantitative estimate of drug-likeness (QED) is 0.836. The average Bonchev–Trinajstić information content (AvgIpc) is 2.47. The van der Waals surface area contributed by atoms with Gasteiger partial charge in [-0.25, -0.2) is 8.42 Å². The summed E-state index contributed by atoms with van der Waals surface area (Å²) in [7, 11) is -0.525. The van der Waals surface area contributed by atoms with Gasteiger partial charge >= 0.3 is 0 Å². The maximum atomic E-state index is 12.5. The Morgan fingerprint density at radius 3 is 2.21 bits per heavy atom. The molecule has 1 aromatic carbocycles. The highest BCUT2D eigenvalue weighted by molar-refractivity contribution is 7.92. The second kappa shape index (κ2) is 7.79. The highest BCUT2D eigenvalue weighted by Crippen LogP contribution is 2.24.